The first-order valence-corrected chi connectivity index (χ1v) is 4.78. The van der Waals surface area contributed by atoms with Crippen LogP contribution in [0.5, 0.6) is 0 Å². The van der Waals surface area contributed by atoms with Crippen molar-refractivity contribution in [1.82, 2.24) is 4.57 Å². The molecule has 0 radical (unpaired) electrons. The van der Waals surface area contributed by atoms with E-state index in [1.807, 2.05) is 18.5 Å². The van der Waals surface area contributed by atoms with Crippen molar-refractivity contribution < 1.29 is 9.50 Å². The highest BCUT2D eigenvalue weighted by Gasteiger charge is 1.98. The number of aliphatic hydroxyl groups excluding tert-OH is 1. The van der Waals surface area contributed by atoms with E-state index in [4.69, 9.17) is 5.11 Å². The molecule has 2 nitrogen and oxygen atoms in total. The summed E-state index contributed by atoms with van der Waals surface area (Å²) in [6.45, 7) is -0.0105. The number of rotatable bonds is 3. The number of benzene rings is 1. The molecule has 0 bridgehead atoms. The maximum atomic E-state index is 12.6. The van der Waals surface area contributed by atoms with Crippen molar-refractivity contribution in [2.45, 2.75) is 13.2 Å². The zero-order valence-electron chi connectivity index (χ0n) is 8.23. The second-order valence-corrected chi connectivity index (χ2v) is 3.48. The van der Waals surface area contributed by atoms with Crippen LogP contribution in [0.1, 0.15) is 11.1 Å². The fourth-order valence-electron chi connectivity index (χ4n) is 1.52. The maximum Gasteiger partial charge on any atom is 0.123 e. The molecule has 1 N–H and O–H groups in total. The van der Waals surface area contributed by atoms with Crippen LogP contribution in [0.25, 0.3) is 0 Å². The SMILES string of the molecule is OCn1ccc(Cc2ccc(F)cc2)c1. The minimum absolute atomic E-state index is 0.0105. The average Bonchev–Trinajstić information content (AvgIpc) is 2.69. The molecule has 78 valence electrons. The van der Waals surface area contributed by atoms with E-state index in [1.165, 1.54) is 12.1 Å². The van der Waals surface area contributed by atoms with E-state index in [-0.39, 0.29) is 12.5 Å². The summed E-state index contributed by atoms with van der Waals surface area (Å²) in [6, 6.07) is 8.40. The summed E-state index contributed by atoms with van der Waals surface area (Å²) in [4.78, 5) is 0. The number of hydrogen-bond acceptors (Lipinski definition) is 1. The van der Waals surface area contributed by atoms with Gasteiger partial charge < -0.3 is 9.67 Å². The second kappa shape index (κ2) is 4.28. The Hall–Kier alpha value is -1.61. The van der Waals surface area contributed by atoms with E-state index in [9.17, 15) is 4.39 Å². The molecule has 1 aromatic heterocycles. The van der Waals surface area contributed by atoms with Gasteiger partial charge in [-0.05, 0) is 35.7 Å². The summed E-state index contributed by atoms with van der Waals surface area (Å²) in [5, 5.41) is 8.87. The van der Waals surface area contributed by atoms with Crippen molar-refractivity contribution in [1.29, 1.82) is 0 Å². The van der Waals surface area contributed by atoms with Gasteiger partial charge in [-0.15, -0.1) is 0 Å². The van der Waals surface area contributed by atoms with Crippen molar-refractivity contribution in [2.24, 2.45) is 0 Å². The first-order chi connectivity index (χ1) is 7.28. The van der Waals surface area contributed by atoms with Crippen LogP contribution in [0, 0.1) is 5.82 Å². The lowest BCUT2D eigenvalue weighted by atomic mass is 10.1. The molecule has 0 saturated carbocycles. The molecule has 0 saturated heterocycles. The Labute approximate surface area is 87.6 Å². The minimum Gasteiger partial charge on any atom is -0.376 e. The highest BCUT2D eigenvalue weighted by atomic mass is 19.1. The number of halogens is 1. The van der Waals surface area contributed by atoms with Crippen LogP contribution in [0.2, 0.25) is 0 Å². The van der Waals surface area contributed by atoms with Gasteiger partial charge in [0.2, 0.25) is 0 Å². The fourth-order valence-corrected chi connectivity index (χ4v) is 1.52. The Balaban J connectivity index is 2.11. The predicted octanol–water partition coefficient (Wildman–Crippen LogP) is 2.17. The Kier molecular flexibility index (Phi) is 2.83. The van der Waals surface area contributed by atoms with Gasteiger partial charge in [0.25, 0.3) is 0 Å². The number of aliphatic hydroxyl groups is 1. The summed E-state index contributed by atoms with van der Waals surface area (Å²) in [6.07, 6.45) is 4.45. The topological polar surface area (TPSA) is 25.2 Å². The van der Waals surface area contributed by atoms with Gasteiger partial charge in [-0.3, -0.25) is 0 Å². The lowest BCUT2D eigenvalue weighted by molar-refractivity contribution is 0.211. The van der Waals surface area contributed by atoms with Gasteiger partial charge in [0.1, 0.15) is 12.5 Å². The van der Waals surface area contributed by atoms with E-state index in [1.54, 1.807) is 16.7 Å². The molecule has 0 aliphatic carbocycles. The van der Waals surface area contributed by atoms with Crippen LogP contribution in [0.4, 0.5) is 4.39 Å². The van der Waals surface area contributed by atoms with Crippen LogP contribution in [0.3, 0.4) is 0 Å². The Bertz CT molecular complexity index is 433. The molecule has 0 unspecified atom stereocenters. The molecule has 1 aromatic carbocycles. The van der Waals surface area contributed by atoms with Crippen molar-refractivity contribution in [2.75, 3.05) is 0 Å². The number of aromatic nitrogens is 1. The van der Waals surface area contributed by atoms with Gasteiger partial charge in [-0.1, -0.05) is 12.1 Å². The molecule has 0 spiro atoms. The molecule has 2 aromatic rings. The Morgan fingerprint density at radius 2 is 1.80 bits per heavy atom. The van der Waals surface area contributed by atoms with Gasteiger partial charge in [-0.2, -0.15) is 0 Å². The molecule has 0 amide bonds. The molecule has 3 heteroatoms. The highest BCUT2D eigenvalue weighted by molar-refractivity contribution is 5.24. The highest BCUT2D eigenvalue weighted by Crippen LogP contribution is 2.10. The minimum atomic E-state index is -0.216. The third-order valence-electron chi connectivity index (χ3n) is 2.30. The third kappa shape index (κ3) is 2.44. The average molecular weight is 205 g/mol. The zero-order chi connectivity index (χ0) is 10.7. The van der Waals surface area contributed by atoms with Gasteiger partial charge >= 0.3 is 0 Å². The normalized spacial score (nSPS) is 10.5. The molecule has 0 aliphatic heterocycles. The van der Waals surface area contributed by atoms with Gasteiger partial charge in [0, 0.05) is 12.4 Å². The van der Waals surface area contributed by atoms with Crippen LogP contribution in [0.15, 0.2) is 42.7 Å². The summed E-state index contributed by atoms with van der Waals surface area (Å²) in [7, 11) is 0. The van der Waals surface area contributed by atoms with Crippen molar-refractivity contribution in [3.63, 3.8) is 0 Å². The molecule has 1 heterocycles. The van der Waals surface area contributed by atoms with Crippen LogP contribution in [-0.2, 0) is 13.2 Å². The van der Waals surface area contributed by atoms with Crippen LogP contribution >= 0.6 is 0 Å². The zero-order valence-corrected chi connectivity index (χ0v) is 8.23. The summed E-state index contributed by atoms with van der Waals surface area (Å²) < 4.78 is 14.3. The smallest absolute Gasteiger partial charge is 0.123 e. The predicted molar refractivity (Wildman–Crippen MR) is 55.9 cm³/mol. The molecule has 0 fully saturated rings. The fraction of sp³-hybridized carbons (Fsp3) is 0.167. The first kappa shape index (κ1) is 9.93. The summed E-state index contributed by atoms with van der Waals surface area (Å²) in [5.41, 5.74) is 2.17. The first-order valence-electron chi connectivity index (χ1n) is 4.78. The molecule has 0 atom stereocenters. The van der Waals surface area contributed by atoms with Gasteiger partial charge in [-0.25, -0.2) is 4.39 Å². The molecular weight excluding hydrogens is 193 g/mol. The summed E-state index contributed by atoms with van der Waals surface area (Å²) in [5.74, 6) is -0.216. The van der Waals surface area contributed by atoms with E-state index in [0.29, 0.717) is 0 Å². The Morgan fingerprint density at radius 3 is 2.40 bits per heavy atom. The second-order valence-electron chi connectivity index (χ2n) is 3.48. The van der Waals surface area contributed by atoms with E-state index in [2.05, 4.69) is 0 Å². The standard InChI is InChI=1S/C12H12FNO/c13-12-3-1-10(2-4-12)7-11-5-6-14(8-11)9-15/h1-6,8,15H,7,9H2. The van der Waals surface area contributed by atoms with Gasteiger partial charge in [0.15, 0.2) is 0 Å². The molecular formula is C12H12FNO. The summed E-state index contributed by atoms with van der Waals surface area (Å²) >= 11 is 0. The third-order valence-corrected chi connectivity index (χ3v) is 2.30. The molecule has 0 aliphatic rings. The van der Waals surface area contributed by atoms with E-state index >= 15 is 0 Å². The lowest BCUT2D eigenvalue weighted by Crippen LogP contribution is -1.91. The van der Waals surface area contributed by atoms with Crippen molar-refractivity contribution >= 4 is 0 Å². The van der Waals surface area contributed by atoms with Crippen molar-refractivity contribution in [3.8, 4) is 0 Å². The van der Waals surface area contributed by atoms with Crippen molar-refractivity contribution in [3.05, 3.63) is 59.7 Å². The maximum absolute atomic E-state index is 12.6. The van der Waals surface area contributed by atoms with Gasteiger partial charge in [0.05, 0.1) is 0 Å². The molecule has 15 heavy (non-hydrogen) atoms. The lowest BCUT2D eigenvalue weighted by Gasteiger charge is -1.98. The Morgan fingerprint density at radius 1 is 1.07 bits per heavy atom. The monoisotopic (exact) mass is 205 g/mol. The quantitative estimate of drug-likeness (QED) is 0.816. The largest absolute Gasteiger partial charge is 0.376 e. The molecule has 2 rings (SSSR count). The van der Waals surface area contributed by atoms with E-state index in [0.717, 1.165) is 17.5 Å². The number of nitrogens with zero attached hydrogens (tertiary/aromatic N) is 1. The van der Waals surface area contributed by atoms with Crippen LogP contribution < -0.4 is 0 Å². The van der Waals surface area contributed by atoms with Crippen LogP contribution in [-0.4, -0.2) is 9.67 Å². The van der Waals surface area contributed by atoms with E-state index < -0.39 is 0 Å². The number of hydrogen-bond donors (Lipinski definition) is 1.